The molecule has 7 heteroatoms. The molecule has 0 saturated carbocycles. The highest BCUT2D eigenvalue weighted by Crippen LogP contribution is 2.27. The van der Waals surface area contributed by atoms with E-state index in [1.807, 2.05) is 25.1 Å². The summed E-state index contributed by atoms with van der Waals surface area (Å²) >= 11 is 6.13. The zero-order chi connectivity index (χ0) is 22.4. The molecule has 0 fully saturated rings. The molecular formula is C24H23ClN2O4. The molecule has 0 aliphatic rings. The molecule has 3 aromatic rings. The number of aryl methyl sites for hydroxylation is 1. The van der Waals surface area contributed by atoms with E-state index in [1.165, 1.54) is 0 Å². The summed E-state index contributed by atoms with van der Waals surface area (Å²) < 4.78 is 10.9. The smallest absolute Gasteiger partial charge is 0.265 e. The molecule has 31 heavy (non-hydrogen) atoms. The van der Waals surface area contributed by atoms with Gasteiger partial charge in [0.15, 0.2) is 6.10 Å². The maximum atomic E-state index is 12.5. The Bertz CT molecular complexity index is 1080. The van der Waals surface area contributed by atoms with Crippen molar-refractivity contribution < 1.29 is 19.1 Å². The average molecular weight is 439 g/mol. The lowest BCUT2D eigenvalue weighted by molar-refractivity contribution is -0.122. The van der Waals surface area contributed by atoms with Crippen LogP contribution < -0.4 is 20.1 Å². The van der Waals surface area contributed by atoms with E-state index in [1.54, 1.807) is 62.6 Å². The molecule has 2 amide bonds. The van der Waals surface area contributed by atoms with Gasteiger partial charge in [-0.15, -0.1) is 0 Å². The molecule has 0 saturated heterocycles. The quantitative estimate of drug-likeness (QED) is 0.523. The second-order valence-electron chi connectivity index (χ2n) is 6.91. The summed E-state index contributed by atoms with van der Waals surface area (Å²) in [6.07, 6.45) is -0.757. The van der Waals surface area contributed by atoms with E-state index in [0.29, 0.717) is 33.5 Å². The summed E-state index contributed by atoms with van der Waals surface area (Å²) in [5, 5.41) is 6.02. The molecule has 3 aromatic carbocycles. The Morgan fingerprint density at radius 1 is 0.935 bits per heavy atom. The van der Waals surface area contributed by atoms with Gasteiger partial charge in [0.2, 0.25) is 0 Å². The highest BCUT2D eigenvalue weighted by molar-refractivity contribution is 6.32. The Morgan fingerprint density at radius 2 is 1.65 bits per heavy atom. The van der Waals surface area contributed by atoms with Crippen molar-refractivity contribution >= 4 is 34.8 Å². The molecule has 1 unspecified atom stereocenters. The summed E-state index contributed by atoms with van der Waals surface area (Å²) in [5.74, 6) is 0.409. The molecule has 0 bridgehead atoms. The molecular weight excluding hydrogens is 416 g/mol. The predicted octanol–water partition coefficient (Wildman–Crippen LogP) is 5.32. The second-order valence-corrected chi connectivity index (χ2v) is 7.32. The van der Waals surface area contributed by atoms with Crippen molar-refractivity contribution in [3.8, 4) is 11.5 Å². The molecule has 160 valence electrons. The van der Waals surface area contributed by atoms with Crippen LogP contribution in [-0.2, 0) is 4.79 Å². The van der Waals surface area contributed by atoms with Crippen LogP contribution >= 0.6 is 11.6 Å². The molecule has 0 radical (unpaired) electrons. The summed E-state index contributed by atoms with van der Waals surface area (Å²) in [6.45, 7) is 3.56. The number of carbonyl (C=O) groups excluding carboxylic acids is 2. The first-order chi connectivity index (χ1) is 14.9. The Hall–Kier alpha value is -3.51. The lowest BCUT2D eigenvalue weighted by atomic mass is 10.1. The molecule has 2 N–H and O–H groups in total. The number of amides is 2. The van der Waals surface area contributed by atoms with Crippen molar-refractivity contribution in [3.05, 3.63) is 82.9 Å². The monoisotopic (exact) mass is 438 g/mol. The Morgan fingerprint density at radius 3 is 2.35 bits per heavy atom. The average Bonchev–Trinajstić information content (AvgIpc) is 2.77. The first kappa shape index (κ1) is 22.2. The third kappa shape index (κ3) is 5.77. The molecule has 0 aliphatic carbocycles. The number of halogens is 1. The van der Waals surface area contributed by atoms with Gasteiger partial charge in [0, 0.05) is 11.3 Å². The van der Waals surface area contributed by atoms with Gasteiger partial charge in [-0.1, -0.05) is 29.8 Å². The minimum absolute atomic E-state index is 0.284. The summed E-state index contributed by atoms with van der Waals surface area (Å²) in [6, 6.07) is 19.1. The lowest BCUT2D eigenvalue weighted by Gasteiger charge is -2.16. The number of benzene rings is 3. The highest BCUT2D eigenvalue weighted by atomic mass is 35.5. The fraction of sp³-hybridized carbons (Fsp3) is 0.167. The maximum absolute atomic E-state index is 12.5. The molecule has 0 aromatic heterocycles. The largest absolute Gasteiger partial charge is 0.495 e. The molecule has 3 rings (SSSR count). The van der Waals surface area contributed by atoms with Crippen molar-refractivity contribution in [3.63, 3.8) is 0 Å². The third-order valence-corrected chi connectivity index (χ3v) is 4.84. The summed E-state index contributed by atoms with van der Waals surface area (Å²) in [4.78, 5) is 25.0. The molecule has 0 aliphatic heterocycles. The number of hydrogen-bond donors (Lipinski definition) is 2. The number of anilines is 2. The second kappa shape index (κ2) is 10.00. The van der Waals surface area contributed by atoms with Gasteiger partial charge in [-0.25, -0.2) is 0 Å². The normalized spacial score (nSPS) is 11.4. The zero-order valence-corrected chi connectivity index (χ0v) is 18.2. The summed E-state index contributed by atoms with van der Waals surface area (Å²) in [5.41, 5.74) is 2.55. The van der Waals surface area contributed by atoms with Gasteiger partial charge >= 0.3 is 0 Å². The van der Waals surface area contributed by atoms with E-state index in [9.17, 15) is 9.59 Å². The molecule has 1 atom stereocenters. The predicted molar refractivity (Wildman–Crippen MR) is 122 cm³/mol. The van der Waals surface area contributed by atoms with E-state index in [-0.39, 0.29) is 11.8 Å². The van der Waals surface area contributed by atoms with Crippen LogP contribution in [0.3, 0.4) is 0 Å². The van der Waals surface area contributed by atoms with Crippen LogP contribution in [0.15, 0.2) is 66.7 Å². The van der Waals surface area contributed by atoms with Crippen LogP contribution in [0.4, 0.5) is 11.4 Å². The number of carbonyl (C=O) groups is 2. The van der Waals surface area contributed by atoms with Gasteiger partial charge in [0.05, 0.1) is 17.8 Å². The van der Waals surface area contributed by atoms with Gasteiger partial charge in [0.1, 0.15) is 11.5 Å². The van der Waals surface area contributed by atoms with Crippen LogP contribution in [-0.4, -0.2) is 25.0 Å². The van der Waals surface area contributed by atoms with Gasteiger partial charge < -0.3 is 20.1 Å². The van der Waals surface area contributed by atoms with Gasteiger partial charge in [-0.2, -0.15) is 0 Å². The first-order valence-corrected chi connectivity index (χ1v) is 10.0. The van der Waals surface area contributed by atoms with Crippen LogP contribution in [0.1, 0.15) is 22.8 Å². The number of nitrogens with one attached hydrogen (secondary N) is 2. The minimum atomic E-state index is -0.757. The Kier molecular flexibility index (Phi) is 7.15. The lowest BCUT2D eigenvalue weighted by Crippen LogP contribution is -2.30. The highest BCUT2D eigenvalue weighted by Gasteiger charge is 2.17. The first-order valence-electron chi connectivity index (χ1n) is 9.65. The van der Waals surface area contributed by atoms with Crippen LogP contribution in [0.2, 0.25) is 5.02 Å². The maximum Gasteiger partial charge on any atom is 0.265 e. The van der Waals surface area contributed by atoms with Crippen molar-refractivity contribution in [2.24, 2.45) is 0 Å². The summed E-state index contributed by atoms with van der Waals surface area (Å²) in [7, 11) is 1.54. The molecule has 0 heterocycles. The number of hydrogen-bond acceptors (Lipinski definition) is 4. The van der Waals surface area contributed by atoms with Crippen LogP contribution in [0.25, 0.3) is 0 Å². The topological polar surface area (TPSA) is 76.7 Å². The standard InChI is InChI=1S/C24H23ClN2O4/c1-15-8-13-19(25)22(14-15)31-16(2)23(28)26-18-11-9-17(10-12-18)24(29)27-20-6-4-5-7-21(20)30-3/h4-14,16H,1-3H3,(H,26,28)(H,27,29). The SMILES string of the molecule is COc1ccccc1NC(=O)c1ccc(NC(=O)C(C)Oc2cc(C)ccc2Cl)cc1. The van der Waals surface area contributed by atoms with Crippen LogP contribution in [0.5, 0.6) is 11.5 Å². The van der Waals surface area contributed by atoms with Crippen LogP contribution in [0, 0.1) is 6.92 Å². The van der Waals surface area contributed by atoms with Gasteiger partial charge in [0.25, 0.3) is 11.8 Å². The third-order valence-electron chi connectivity index (χ3n) is 4.53. The van der Waals surface area contributed by atoms with E-state index < -0.39 is 6.10 Å². The number of ether oxygens (including phenoxy) is 2. The van der Waals surface area contributed by atoms with E-state index in [4.69, 9.17) is 21.1 Å². The van der Waals surface area contributed by atoms with E-state index in [2.05, 4.69) is 10.6 Å². The fourth-order valence-electron chi connectivity index (χ4n) is 2.84. The Balaban J connectivity index is 1.61. The molecule has 6 nitrogen and oxygen atoms in total. The number of methoxy groups -OCH3 is 1. The van der Waals surface area contributed by atoms with E-state index in [0.717, 1.165) is 5.56 Å². The fourth-order valence-corrected chi connectivity index (χ4v) is 3.00. The van der Waals surface area contributed by atoms with Crippen molar-refractivity contribution in [1.82, 2.24) is 0 Å². The Labute approximate surface area is 186 Å². The van der Waals surface area contributed by atoms with Crippen molar-refractivity contribution in [1.29, 1.82) is 0 Å². The number of rotatable bonds is 7. The van der Waals surface area contributed by atoms with Gasteiger partial charge in [-0.05, 0) is 67.9 Å². The zero-order valence-electron chi connectivity index (χ0n) is 17.4. The molecule has 0 spiro atoms. The minimum Gasteiger partial charge on any atom is -0.495 e. The number of para-hydroxylation sites is 2. The van der Waals surface area contributed by atoms with E-state index >= 15 is 0 Å². The van der Waals surface area contributed by atoms with Crippen molar-refractivity contribution in [2.75, 3.05) is 17.7 Å². The van der Waals surface area contributed by atoms with Crippen molar-refractivity contribution in [2.45, 2.75) is 20.0 Å². The van der Waals surface area contributed by atoms with Gasteiger partial charge in [-0.3, -0.25) is 9.59 Å².